The summed E-state index contributed by atoms with van der Waals surface area (Å²) < 4.78 is 11.5. The van der Waals surface area contributed by atoms with Gasteiger partial charge in [0, 0.05) is 32.1 Å². The molecule has 2 fully saturated rings. The molecule has 0 bridgehead atoms. The Labute approximate surface area is 213 Å². The molecule has 3 amide bonds. The first-order valence-electron chi connectivity index (χ1n) is 11.7. The summed E-state index contributed by atoms with van der Waals surface area (Å²) in [5.74, 6) is -0.827. The number of carbonyl (C=O) groups excluding carboxylic acids is 3. The number of furan rings is 1. The molecule has 0 aliphatic carbocycles. The van der Waals surface area contributed by atoms with Crippen LogP contribution in [0.1, 0.15) is 39.4 Å². The van der Waals surface area contributed by atoms with E-state index in [9.17, 15) is 14.4 Å². The molecule has 1 atom stereocenters. The van der Waals surface area contributed by atoms with Gasteiger partial charge in [-0.2, -0.15) is 0 Å². The van der Waals surface area contributed by atoms with E-state index in [2.05, 4.69) is 10.3 Å². The second kappa shape index (κ2) is 10.1. The Balaban J connectivity index is 1.34. The first-order chi connectivity index (χ1) is 17.5. The minimum absolute atomic E-state index is 0.0406. The van der Waals surface area contributed by atoms with Crippen molar-refractivity contribution in [2.45, 2.75) is 31.2 Å². The van der Waals surface area contributed by atoms with Crippen LogP contribution in [0.25, 0.3) is 0 Å². The van der Waals surface area contributed by atoms with Crippen molar-refractivity contribution >= 4 is 29.3 Å². The number of hydrogen-bond donors (Lipinski definition) is 1. The Bertz CT molecular complexity index is 1240. The van der Waals surface area contributed by atoms with Crippen LogP contribution in [0.5, 0.6) is 0 Å². The minimum atomic E-state index is -1.03. The maximum Gasteiger partial charge on any atom is 0.292 e. The highest BCUT2D eigenvalue weighted by molar-refractivity contribution is 6.33. The number of nitrogens with one attached hydrogen (secondary N) is 1. The van der Waals surface area contributed by atoms with Gasteiger partial charge in [-0.25, -0.2) is 0 Å². The predicted octanol–water partition coefficient (Wildman–Crippen LogP) is 3.12. The largest absolute Gasteiger partial charge is 0.459 e. The van der Waals surface area contributed by atoms with Crippen molar-refractivity contribution in [1.82, 2.24) is 20.1 Å². The lowest BCUT2D eigenvalue weighted by atomic mass is 9.96. The van der Waals surface area contributed by atoms with Crippen LogP contribution in [-0.4, -0.2) is 64.0 Å². The number of halogens is 1. The summed E-state index contributed by atoms with van der Waals surface area (Å²) in [5.41, 5.74) is 0.0984. The van der Waals surface area contributed by atoms with Gasteiger partial charge in [-0.3, -0.25) is 24.3 Å². The van der Waals surface area contributed by atoms with Crippen LogP contribution in [0, 0.1) is 0 Å². The first kappa shape index (κ1) is 24.0. The van der Waals surface area contributed by atoms with E-state index in [0.29, 0.717) is 42.2 Å². The summed E-state index contributed by atoms with van der Waals surface area (Å²) in [6, 6.07) is 14.7. The molecule has 10 heteroatoms. The normalized spacial score (nSPS) is 18.9. The molecule has 36 heavy (non-hydrogen) atoms. The molecule has 1 N–H and O–H groups in total. The third kappa shape index (κ3) is 4.59. The van der Waals surface area contributed by atoms with Crippen LogP contribution in [0.2, 0.25) is 5.02 Å². The van der Waals surface area contributed by atoms with Crippen LogP contribution in [0.4, 0.5) is 0 Å². The third-order valence-electron chi connectivity index (χ3n) is 6.62. The number of rotatable bonds is 5. The van der Waals surface area contributed by atoms with Crippen molar-refractivity contribution in [1.29, 1.82) is 0 Å². The average molecular weight is 509 g/mol. The molecule has 2 aliphatic rings. The van der Waals surface area contributed by atoms with Gasteiger partial charge in [-0.15, -0.1) is 0 Å². The van der Waals surface area contributed by atoms with Crippen LogP contribution < -0.4 is 5.32 Å². The van der Waals surface area contributed by atoms with Crippen molar-refractivity contribution in [2.75, 3.05) is 19.7 Å². The third-order valence-corrected chi connectivity index (χ3v) is 6.95. The fourth-order valence-electron chi connectivity index (χ4n) is 4.75. The second-order valence-corrected chi connectivity index (χ2v) is 9.14. The van der Waals surface area contributed by atoms with E-state index in [1.807, 2.05) is 12.1 Å². The van der Waals surface area contributed by atoms with Crippen LogP contribution in [0.15, 0.2) is 71.5 Å². The van der Waals surface area contributed by atoms with Crippen molar-refractivity contribution in [3.05, 3.63) is 89.1 Å². The maximum atomic E-state index is 13.5. The van der Waals surface area contributed by atoms with Crippen molar-refractivity contribution < 1.29 is 23.5 Å². The Morgan fingerprint density at radius 3 is 2.50 bits per heavy atom. The topological polar surface area (TPSA) is 105 Å². The van der Waals surface area contributed by atoms with E-state index in [1.54, 1.807) is 53.6 Å². The number of piperidine rings is 1. The van der Waals surface area contributed by atoms with Gasteiger partial charge in [0.05, 0.1) is 35.7 Å². The van der Waals surface area contributed by atoms with Gasteiger partial charge >= 0.3 is 0 Å². The van der Waals surface area contributed by atoms with Crippen molar-refractivity contribution in [3.63, 3.8) is 0 Å². The van der Waals surface area contributed by atoms with E-state index < -0.39 is 17.7 Å². The zero-order chi connectivity index (χ0) is 25.1. The number of nitrogens with zero attached hydrogens (tertiary/aromatic N) is 3. The van der Waals surface area contributed by atoms with E-state index in [1.165, 1.54) is 11.2 Å². The fourth-order valence-corrected chi connectivity index (χ4v) is 4.96. The van der Waals surface area contributed by atoms with E-state index >= 15 is 0 Å². The number of hydrogen-bond acceptors (Lipinski definition) is 6. The molecule has 2 aliphatic heterocycles. The lowest BCUT2D eigenvalue weighted by molar-refractivity contribution is -0.128. The van der Waals surface area contributed by atoms with Crippen molar-refractivity contribution in [2.24, 2.45) is 0 Å². The molecule has 9 nitrogen and oxygen atoms in total. The molecule has 4 heterocycles. The summed E-state index contributed by atoms with van der Waals surface area (Å²) in [7, 11) is 0. The standard InChI is InChI=1S/C26H25ClN4O5/c27-20-8-2-1-7-19(20)24(33)30-13-10-26(11-14-30)31(25(34)22-9-5-15-35-22)21(17-36-26)23(32)29-16-18-6-3-4-12-28-18/h1-9,12,15,21H,10-11,13-14,16-17H2,(H,29,32). The number of amides is 3. The summed E-state index contributed by atoms with van der Waals surface area (Å²) in [5, 5.41) is 3.25. The van der Waals surface area contributed by atoms with Gasteiger partial charge < -0.3 is 19.4 Å². The highest BCUT2D eigenvalue weighted by atomic mass is 35.5. The zero-order valence-electron chi connectivity index (χ0n) is 19.4. The van der Waals surface area contributed by atoms with Crippen molar-refractivity contribution in [3.8, 4) is 0 Å². The van der Waals surface area contributed by atoms with Gasteiger partial charge in [-0.05, 0) is 36.4 Å². The summed E-state index contributed by atoms with van der Waals surface area (Å²) in [4.78, 5) is 47.2. The van der Waals surface area contributed by atoms with E-state index in [4.69, 9.17) is 20.8 Å². The number of ether oxygens (including phenoxy) is 1. The Morgan fingerprint density at radius 1 is 1.03 bits per heavy atom. The first-order valence-corrected chi connectivity index (χ1v) is 12.1. The molecule has 0 radical (unpaired) electrons. The summed E-state index contributed by atoms with van der Waals surface area (Å²) in [6.07, 6.45) is 3.76. The maximum absolute atomic E-state index is 13.5. The highest BCUT2D eigenvalue weighted by Crippen LogP contribution is 2.39. The number of aromatic nitrogens is 1. The molecule has 2 saturated heterocycles. The lowest BCUT2D eigenvalue weighted by Gasteiger charge is -2.44. The van der Waals surface area contributed by atoms with E-state index in [-0.39, 0.29) is 30.7 Å². The Morgan fingerprint density at radius 2 is 1.81 bits per heavy atom. The van der Waals surface area contributed by atoms with Crippen LogP contribution in [0.3, 0.4) is 0 Å². The molecular formula is C26H25ClN4O5. The molecule has 1 spiro atoms. The molecular weight excluding hydrogens is 484 g/mol. The molecule has 3 aromatic rings. The minimum Gasteiger partial charge on any atom is -0.459 e. The molecule has 5 rings (SSSR count). The SMILES string of the molecule is O=C(NCc1ccccn1)C1COC2(CCN(C(=O)c3ccccc3Cl)CC2)N1C(=O)c1ccco1. The number of benzene rings is 1. The molecule has 0 saturated carbocycles. The van der Waals surface area contributed by atoms with Gasteiger partial charge in [0.1, 0.15) is 11.8 Å². The lowest BCUT2D eigenvalue weighted by Crippen LogP contribution is -2.59. The molecule has 1 unspecified atom stereocenters. The summed E-state index contributed by atoms with van der Waals surface area (Å²) in [6.45, 7) is 0.952. The number of carbonyl (C=O) groups is 3. The zero-order valence-corrected chi connectivity index (χ0v) is 20.2. The predicted molar refractivity (Wildman–Crippen MR) is 130 cm³/mol. The van der Waals surface area contributed by atoms with Gasteiger partial charge in [0.25, 0.3) is 11.8 Å². The number of likely N-dealkylation sites (tertiary alicyclic amines) is 1. The Kier molecular flexibility index (Phi) is 6.75. The van der Waals surface area contributed by atoms with Gasteiger partial charge in [-0.1, -0.05) is 29.8 Å². The van der Waals surface area contributed by atoms with E-state index in [0.717, 1.165) is 0 Å². The monoisotopic (exact) mass is 508 g/mol. The average Bonchev–Trinajstić information content (AvgIpc) is 3.57. The van der Waals surface area contributed by atoms with Crippen LogP contribution in [-0.2, 0) is 16.1 Å². The van der Waals surface area contributed by atoms with Gasteiger partial charge in [0.2, 0.25) is 5.91 Å². The highest BCUT2D eigenvalue weighted by Gasteiger charge is 2.54. The molecule has 2 aromatic heterocycles. The summed E-state index contributed by atoms with van der Waals surface area (Å²) >= 11 is 6.22. The fraction of sp³-hybridized carbons (Fsp3) is 0.308. The van der Waals surface area contributed by atoms with Crippen LogP contribution >= 0.6 is 11.6 Å². The molecule has 186 valence electrons. The smallest absolute Gasteiger partial charge is 0.292 e. The van der Waals surface area contributed by atoms with Gasteiger partial charge in [0.15, 0.2) is 5.76 Å². The number of pyridine rings is 1. The second-order valence-electron chi connectivity index (χ2n) is 8.74. The quantitative estimate of drug-likeness (QED) is 0.568. The Hall–Kier alpha value is -3.69. The molecule has 1 aromatic carbocycles.